The maximum Gasteiger partial charge on any atom is 0.123 e. The van der Waals surface area contributed by atoms with Gasteiger partial charge < -0.3 is 10.1 Å². The molecule has 1 N–H and O–H groups in total. The fraction of sp³-hybridized carbons (Fsp3) is 0.400. The second kappa shape index (κ2) is 5.78. The summed E-state index contributed by atoms with van der Waals surface area (Å²) < 4.78 is 7.32. The van der Waals surface area contributed by atoms with Crippen LogP contribution in [0.1, 0.15) is 31.1 Å². The molecule has 0 aliphatic carbocycles. The Morgan fingerprint density at radius 2 is 2.05 bits per heavy atom. The lowest BCUT2D eigenvalue weighted by molar-refractivity contribution is 0.410. The number of hydrogen-bond donors (Lipinski definition) is 1. The molecule has 1 aromatic carbocycles. The third-order valence-corrected chi connectivity index (χ3v) is 3.11. The van der Waals surface area contributed by atoms with Crippen molar-refractivity contribution in [2.75, 3.05) is 12.4 Å². The Hall–Kier alpha value is -1.97. The van der Waals surface area contributed by atoms with Crippen LogP contribution in [0.4, 0.5) is 5.69 Å². The summed E-state index contributed by atoms with van der Waals surface area (Å²) in [5.74, 6) is 0.906. The van der Waals surface area contributed by atoms with E-state index in [4.69, 9.17) is 4.74 Å². The number of aryl methyl sites for hydroxylation is 1. The third-order valence-electron chi connectivity index (χ3n) is 3.11. The van der Waals surface area contributed by atoms with Gasteiger partial charge in [-0.2, -0.15) is 5.10 Å². The highest BCUT2D eigenvalue weighted by molar-refractivity contribution is 5.47. The smallest absolute Gasteiger partial charge is 0.123 e. The number of rotatable bonds is 5. The highest BCUT2D eigenvalue weighted by atomic mass is 16.5. The molecule has 0 saturated heterocycles. The van der Waals surface area contributed by atoms with Crippen molar-refractivity contribution in [1.29, 1.82) is 0 Å². The van der Waals surface area contributed by atoms with Crippen LogP contribution in [0.25, 0.3) is 0 Å². The molecule has 2 aromatic rings. The van der Waals surface area contributed by atoms with E-state index in [9.17, 15) is 0 Å². The van der Waals surface area contributed by atoms with Gasteiger partial charge in [-0.25, -0.2) is 0 Å². The third kappa shape index (κ3) is 3.08. The van der Waals surface area contributed by atoms with E-state index >= 15 is 0 Å². The minimum Gasteiger partial charge on any atom is -0.496 e. The lowest BCUT2D eigenvalue weighted by atomic mass is 10.2. The van der Waals surface area contributed by atoms with E-state index < -0.39 is 0 Å². The first-order chi connectivity index (χ1) is 9.11. The van der Waals surface area contributed by atoms with E-state index in [-0.39, 0.29) is 0 Å². The van der Waals surface area contributed by atoms with E-state index in [1.54, 1.807) is 7.11 Å². The highest BCUT2D eigenvalue weighted by Crippen LogP contribution is 2.21. The zero-order chi connectivity index (χ0) is 13.8. The molecule has 0 aliphatic rings. The molecular weight excluding hydrogens is 238 g/mol. The quantitative estimate of drug-likeness (QED) is 0.894. The summed E-state index contributed by atoms with van der Waals surface area (Å²) in [7, 11) is 1.70. The molecule has 0 unspecified atom stereocenters. The zero-order valence-electron chi connectivity index (χ0n) is 12.0. The van der Waals surface area contributed by atoms with Gasteiger partial charge in [0.25, 0.3) is 0 Å². The van der Waals surface area contributed by atoms with E-state index in [0.29, 0.717) is 6.04 Å². The van der Waals surface area contributed by atoms with Crippen LogP contribution in [0.2, 0.25) is 0 Å². The van der Waals surface area contributed by atoms with Crippen LogP contribution < -0.4 is 10.1 Å². The standard InChI is InChI=1S/C15H21N3O/c1-11(2)18-10-14(12(3)17-18)16-9-13-7-5-6-8-15(13)19-4/h5-8,10-11,16H,9H2,1-4H3. The number of nitrogens with one attached hydrogen (secondary N) is 1. The van der Waals surface area contributed by atoms with E-state index in [1.807, 2.05) is 29.8 Å². The van der Waals surface area contributed by atoms with Gasteiger partial charge in [0.05, 0.1) is 18.5 Å². The van der Waals surface area contributed by atoms with Gasteiger partial charge in [0.2, 0.25) is 0 Å². The van der Waals surface area contributed by atoms with Gasteiger partial charge in [0.1, 0.15) is 5.75 Å². The fourth-order valence-corrected chi connectivity index (χ4v) is 1.96. The number of anilines is 1. The van der Waals surface area contributed by atoms with Gasteiger partial charge in [-0.3, -0.25) is 4.68 Å². The van der Waals surface area contributed by atoms with Crippen molar-refractivity contribution >= 4 is 5.69 Å². The lowest BCUT2D eigenvalue weighted by Gasteiger charge is -2.09. The molecule has 4 nitrogen and oxygen atoms in total. The summed E-state index contributed by atoms with van der Waals surface area (Å²) in [5.41, 5.74) is 3.23. The molecule has 2 rings (SSSR count). The number of para-hydroxylation sites is 1. The summed E-state index contributed by atoms with van der Waals surface area (Å²) in [6.07, 6.45) is 2.05. The topological polar surface area (TPSA) is 39.1 Å². The second-order valence-corrected chi connectivity index (χ2v) is 4.87. The zero-order valence-corrected chi connectivity index (χ0v) is 12.0. The number of ether oxygens (including phenoxy) is 1. The molecule has 1 aromatic heterocycles. The Bertz CT molecular complexity index is 546. The first-order valence-corrected chi connectivity index (χ1v) is 6.53. The van der Waals surface area contributed by atoms with Crippen LogP contribution in [-0.2, 0) is 6.54 Å². The molecule has 0 aliphatic heterocycles. The predicted octanol–water partition coefficient (Wildman–Crippen LogP) is 3.39. The molecule has 102 valence electrons. The fourth-order valence-electron chi connectivity index (χ4n) is 1.96. The van der Waals surface area contributed by atoms with Crippen molar-refractivity contribution in [3.05, 3.63) is 41.7 Å². The maximum atomic E-state index is 5.35. The molecule has 1 heterocycles. The summed E-state index contributed by atoms with van der Waals surface area (Å²) in [4.78, 5) is 0. The van der Waals surface area contributed by atoms with Gasteiger partial charge in [-0.05, 0) is 26.8 Å². The Labute approximate surface area is 114 Å². The Morgan fingerprint density at radius 3 is 2.68 bits per heavy atom. The average Bonchev–Trinajstić information content (AvgIpc) is 2.78. The van der Waals surface area contributed by atoms with Crippen LogP contribution in [0.5, 0.6) is 5.75 Å². The van der Waals surface area contributed by atoms with Crippen molar-refractivity contribution in [2.45, 2.75) is 33.4 Å². The minimum absolute atomic E-state index is 0.375. The van der Waals surface area contributed by atoms with Gasteiger partial charge in [-0.1, -0.05) is 18.2 Å². The molecule has 0 radical (unpaired) electrons. The largest absolute Gasteiger partial charge is 0.496 e. The predicted molar refractivity (Wildman–Crippen MR) is 77.7 cm³/mol. The van der Waals surface area contributed by atoms with E-state index in [2.05, 4.69) is 36.5 Å². The lowest BCUT2D eigenvalue weighted by Crippen LogP contribution is -2.02. The van der Waals surface area contributed by atoms with Crippen molar-refractivity contribution in [2.24, 2.45) is 0 Å². The van der Waals surface area contributed by atoms with Crippen molar-refractivity contribution in [1.82, 2.24) is 9.78 Å². The molecular formula is C15H21N3O. The molecule has 0 spiro atoms. The maximum absolute atomic E-state index is 5.35. The molecule has 4 heteroatoms. The Kier molecular flexibility index (Phi) is 4.10. The Balaban J connectivity index is 2.10. The van der Waals surface area contributed by atoms with Gasteiger partial charge in [0.15, 0.2) is 0 Å². The normalized spacial score (nSPS) is 10.8. The number of nitrogens with zero attached hydrogens (tertiary/aromatic N) is 2. The van der Waals surface area contributed by atoms with Gasteiger partial charge >= 0.3 is 0 Å². The summed E-state index contributed by atoms with van der Waals surface area (Å²) in [6.45, 7) is 6.99. The SMILES string of the molecule is COc1ccccc1CNc1cn(C(C)C)nc1C. The summed E-state index contributed by atoms with van der Waals surface area (Å²) in [5, 5.41) is 7.90. The van der Waals surface area contributed by atoms with Gasteiger partial charge in [-0.15, -0.1) is 0 Å². The molecule has 0 fully saturated rings. The second-order valence-electron chi connectivity index (χ2n) is 4.87. The van der Waals surface area contributed by atoms with E-state index in [0.717, 1.165) is 29.2 Å². The molecule has 0 amide bonds. The van der Waals surface area contributed by atoms with Crippen LogP contribution in [0.3, 0.4) is 0 Å². The molecule has 0 bridgehead atoms. The van der Waals surface area contributed by atoms with Crippen LogP contribution in [0.15, 0.2) is 30.5 Å². The Morgan fingerprint density at radius 1 is 1.32 bits per heavy atom. The number of methoxy groups -OCH3 is 1. The van der Waals surface area contributed by atoms with Crippen LogP contribution >= 0.6 is 0 Å². The number of aromatic nitrogens is 2. The van der Waals surface area contributed by atoms with Crippen LogP contribution in [0, 0.1) is 6.92 Å². The summed E-state index contributed by atoms with van der Waals surface area (Å²) in [6, 6.07) is 8.41. The molecule has 19 heavy (non-hydrogen) atoms. The summed E-state index contributed by atoms with van der Waals surface area (Å²) >= 11 is 0. The minimum atomic E-state index is 0.375. The molecule has 0 saturated carbocycles. The van der Waals surface area contributed by atoms with Gasteiger partial charge in [0, 0.05) is 24.3 Å². The monoisotopic (exact) mass is 259 g/mol. The molecule has 0 atom stereocenters. The number of hydrogen-bond acceptors (Lipinski definition) is 3. The van der Waals surface area contributed by atoms with Crippen molar-refractivity contribution < 1.29 is 4.74 Å². The van der Waals surface area contributed by atoms with Crippen molar-refractivity contribution in [3.8, 4) is 5.75 Å². The first-order valence-electron chi connectivity index (χ1n) is 6.53. The average molecular weight is 259 g/mol. The number of benzene rings is 1. The van der Waals surface area contributed by atoms with E-state index in [1.165, 1.54) is 0 Å². The first kappa shape index (κ1) is 13.5. The highest BCUT2D eigenvalue weighted by Gasteiger charge is 2.08. The van der Waals surface area contributed by atoms with Crippen LogP contribution in [-0.4, -0.2) is 16.9 Å². The van der Waals surface area contributed by atoms with Crippen molar-refractivity contribution in [3.63, 3.8) is 0 Å².